The van der Waals surface area contributed by atoms with Gasteiger partial charge in [0, 0.05) is 11.3 Å². The first kappa shape index (κ1) is 16.5. The summed E-state index contributed by atoms with van der Waals surface area (Å²) in [6.45, 7) is 3.95. The normalized spacial score (nSPS) is 13.3. The van der Waals surface area contributed by atoms with Crippen LogP contribution in [0.25, 0.3) is 0 Å². The standard InChI is InChI=1S/C12H19F3N4O/c1-7(17-10(20)5-16-4)11-8(2)18-19(9(11)3)6-12(13,14)15/h7,16H,5-6H2,1-4H3,(H,17,20). The van der Waals surface area contributed by atoms with Gasteiger partial charge in [-0.05, 0) is 27.8 Å². The molecular formula is C12H19F3N4O. The Balaban J connectivity index is 2.93. The second-order valence-corrected chi connectivity index (χ2v) is 4.68. The highest BCUT2D eigenvalue weighted by Crippen LogP contribution is 2.24. The fourth-order valence-electron chi connectivity index (χ4n) is 2.19. The zero-order chi connectivity index (χ0) is 15.5. The number of rotatable bonds is 5. The molecule has 20 heavy (non-hydrogen) atoms. The summed E-state index contributed by atoms with van der Waals surface area (Å²) in [6.07, 6.45) is -4.32. The predicted molar refractivity (Wildman–Crippen MR) is 68.2 cm³/mol. The molecule has 0 bridgehead atoms. The van der Waals surface area contributed by atoms with Gasteiger partial charge in [0.2, 0.25) is 5.91 Å². The zero-order valence-corrected chi connectivity index (χ0v) is 11.9. The lowest BCUT2D eigenvalue weighted by molar-refractivity contribution is -0.143. The Morgan fingerprint density at radius 3 is 2.50 bits per heavy atom. The number of hydrogen-bond donors (Lipinski definition) is 2. The molecule has 1 unspecified atom stereocenters. The third kappa shape index (κ3) is 4.22. The number of likely N-dealkylation sites (N-methyl/N-ethyl adjacent to an activating group) is 1. The third-order valence-electron chi connectivity index (χ3n) is 2.91. The second kappa shape index (κ2) is 6.25. The third-order valence-corrected chi connectivity index (χ3v) is 2.91. The van der Waals surface area contributed by atoms with Crippen LogP contribution in [0.15, 0.2) is 0 Å². The van der Waals surface area contributed by atoms with E-state index in [0.717, 1.165) is 4.68 Å². The number of alkyl halides is 3. The minimum absolute atomic E-state index is 0.152. The summed E-state index contributed by atoms with van der Waals surface area (Å²) in [7, 11) is 1.64. The van der Waals surface area contributed by atoms with Gasteiger partial charge in [-0.15, -0.1) is 0 Å². The van der Waals surface area contributed by atoms with Crippen LogP contribution in [0, 0.1) is 13.8 Å². The number of carbonyl (C=O) groups excluding carboxylic acids is 1. The molecule has 0 fully saturated rings. The molecule has 5 nitrogen and oxygen atoms in total. The summed E-state index contributed by atoms with van der Waals surface area (Å²) in [5.74, 6) is -0.220. The smallest absolute Gasteiger partial charge is 0.348 e. The van der Waals surface area contributed by atoms with Crippen molar-refractivity contribution >= 4 is 5.91 Å². The summed E-state index contributed by atoms with van der Waals surface area (Å²) in [5, 5.41) is 9.33. The molecule has 1 aromatic heterocycles. The van der Waals surface area contributed by atoms with E-state index in [1.807, 2.05) is 0 Å². The van der Waals surface area contributed by atoms with Crippen molar-refractivity contribution in [3.05, 3.63) is 17.0 Å². The van der Waals surface area contributed by atoms with Crippen molar-refractivity contribution in [2.24, 2.45) is 0 Å². The van der Waals surface area contributed by atoms with Gasteiger partial charge in [-0.25, -0.2) is 0 Å². The fraction of sp³-hybridized carbons (Fsp3) is 0.667. The van der Waals surface area contributed by atoms with Crippen LogP contribution in [-0.2, 0) is 11.3 Å². The summed E-state index contributed by atoms with van der Waals surface area (Å²) >= 11 is 0. The largest absolute Gasteiger partial charge is 0.408 e. The molecule has 0 aliphatic carbocycles. The van der Waals surface area contributed by atoms with Crippen molar-refractivity contribution in [1.29, 1.82) is 0 Å². The van der Waals surface area contributed by atoms with E-state index in [0.29, 0.717) is 17.0 Å². The maximum absolute atomic E-state index is 12.4. The Labute approximate surface area is 115 Å². The summed E-state index contributed by atoms with van der Waals surface area (Å²) in [5.41, 5.74) is 1.53. The lowest BCUT2D eigenvalue weighted by Crippen LogP contribution is -2.34. The minimum Gasteiger partial charge on any atom is -0.348 e. The van der Waals surface area contributed by atoms with E-state index in [4.69, 9.17) is 0 Å². The van der Waals surface area contributed by atoms with Gasteiger partial charge >= 0.3 is 6.18 Å². The zero-order valence-electron chi connectivity index (χ0n) is 11.9. The first-order valence-corrected chi connectivity index (χ1v) is 6.20. The highest BCUT2D eigenvalue weighted by molar-refractivity contribution is 5.78. The van der Waals surface area contributed by atoms with Crippen LogP contribution in [-0.4, -0.2) is 35.5 Å². The average Bonchev–Trinajstić information content (AvgIpc) is 2.51. The summed E-state index contributed by atoms with van der Waals surface area (Å²) in [4.78, 5) is 11.5. The number of halogens is 3. The highest BCUT2D eigenvalue weighted by atomic mass is 19.4. The molecule has 0 aromatic carbocycles. The van der Waals surface area contributed by atoms with Crippen molar-refractivity contribution in [3.8, 4) is 0 Å². The first-order valence-electron chi connectivity index (χ1n) is 6.20. The molecule has 2 N–H and O–H groups in total. The van der Waals surface area contributed by atoms with Crippen molar-refractivity contribution in [2.45, 2.75) is 39.5 Å². The molecule has 1 atom stereocenters. The molecule has 0 spiro atoms. The Bertz CT molecular complexity index is 482. The van der Waals surface area contributed by atoms with Gasteiger partial charge in [-0.2, -0.15) is 18.3 Å². The maximum atomic E-state index is 12.4. The topological polar surface area (TPSA) is 59.0 Å². The monoisotopic (exact) mass is 292 g/mol. The molecule has 8 heteroatoms. The molecule has 1 amide bonds. The van der Waals surface area contributed by atoms with E-state index in [1.165, 1.54) is 0 Å². The molecular weight excluding hydrogens is 273 g/mol. The van der Waals surface area contributed by atoms with E-state index in [2.05, 4.69) is 15.7 Å². The number of amides is 1. The number of aromatic nitrogens is 2. The number of aryl methyl sites for hydroxylation is 1. The van der Waals surface area contributed by atoms with Crippen LogP contribution < -0.4 is 10.6 Å². The van der Waals surface area contributed by atoms with Crippen molar-refractivity contribution in [2.75, 3.05) is 13.6 Å². The minimum atomic E-state index is -4.32. The number of carbonyl (C=O) groups is 1. The molecule has 114 valence electrons. The van der Waals surface area contributed by atoms with Crippen LogP contribution in [0.3, 0.4) is 0 Å². The molecule has 0 aliphatic rings. The van der Waals surface area contributed by atoms with Gasteiger partial charge in [0.15, 0.2) is 0 Å². The summed E-state index contributed by atoms with van der Waals surface area (Å²) < 4.78 is 38.2. The van der Waals surface area contributed by atoms with Gasteiger partial charge in [-0.3, -0.25) is 9.48 Å². The molecule has 0 aliphatic heterocycles. The first-order chi connectivity index (χ1) is 9.15. The lowest BCUT2D eigenvalue weighted by atomic mass is 10.1. The quantitative estimate of drug-likeness (QED) is 0.864. The van der Waals surface area contributed by atoms with Crippen molar-refractivity contribution in [1.82, 2.24) is 20.4 Å². The van der Waals surface area contributed by atoms with Crippen LogP contribution in [0.2, 0.25) is 0 Å². The van der Waals surface area contributed by atoms with Crippen LogP contribution in [0.5, 0.6) is 0 Å². The molecule has 1 aromatic rings. The van der Waals surface area contributed by atoms with Gasteiger partial charge in [0.1, 0.15) is 6.54 Å². The van der Waals surface area contributed by atoms with E-state index < -0.39 is 18.8 Å². The van der Waals surface area contributed by atoms with E-state index in [-0.39, 0.29) is 12.5 Å². The Hall–Kier alpha value is -1.57. The van der Waals surface area contributed by atoms with Crippen LogP contribution >= 0.6 is 0 Å². The SMILES string of the molecule is CNCC(=O)NC(C)c1c(C)nn(CC(F)(F)F)c1C. The van der Waals surface area contributed by atoms with E-state index in [9.17, 15) is 18.0 Å². The van der Waals surface area contributed by atoms with Crippen molar-refractivity contribution < 1.29 is 18.0 Å². The Morgan fingerprint density at radius 1 is 1.40 bits per heavy atom. The lowest BCUT2D eigenvalue weighted by Gasteiger charge is -2.15. The van der Waals surface area contributed by atoms with Gasteiger partial charge in [0.25, 0.3) is 0 Å². The number of hydrogen-bond acceptors (Lipinski definition) is 3. The van der Waals surface area contributed by atoms with E-state index >= 15 is 0 Å². The predicted octanol–water partition coefficient (Wildman–Crippen LogP) is 1.46. The number of nitrogens with zero attached hydrogens (tertiary/aromatic N) is 2. The Morgan fingerprint density at radius 2 is 2.00 bits per heavy atom. The molecule has 0 saturated carbocycles. The molecule has 0 radical (unpaired) electrons. The van der Waals surface area contributed by atoms with Crippen LogP contribution in [0.1, 0.15) is 29.9 Å². The van der Waals surface area contributed by atoms with Gasteiger partial charge in [-0.1, -0.05) is 0 Å². The molecule has 1 rings (SSSR count). The molecule has 1 heterocycles. The van der Waals surface area contributed by atoms with Crippen molar-refractivity contribution in [3.63, 3.8) is 0 Å². The average molecular weight is 292 g/mol. The highest BCUT2D eigenvalue weighted by Gasteiger charge is 2.30. The fourth-order valence-corrected chi connectivity index (χ4v) is 2.19. The molecule has 0 saturated heterocycles. The number of nitrogens with one attached hydrogen (secondary N) is 2. The second-order valence-electron chi connectivity index (χ2n) is 4.68. The van der Waals surface area contributed by atoms with Gasteiger partial charge in [0.05, 0.1) is 18.3 Å². The van der Waals surface area contributed by atoms with Crippen LogP contribution in [0.4, 0.5) is 13.2 Å². The van der Waals surface area contributed by atoms with E-state index in [1.54, 1.807) is 27.8 Å². The maximum Gasteiger partial charge on any atom is 0.408 e. The van der Waals surface area contributed by atoms with Gasteiger partial charge < -0.3 is 10.6 Å². The summed E-state index contributed by atoms with van der Waals surface area (Å²) in [6, 6.07) is -0.391. The Kier molecular flexibility index (Phi) is 5.15.